The van der Waals surface area contributed by atoms with Gasteiger partial charge in [-0.2, -0.15) is 13.2 Å². The van der Waals surface area contributed by atoms with E-state index in [0.717, 1.165) is 16.7 Å². The number of carbonyl (C=O) groups is 1. The average molecular weight is 567 g/mol. The van der Waals surface area contributed by atoms with Gasteiger partial charge in [0.15, 0.2) is 0 Å². The van der Waals surface area contributed by atoms with Crippen molar-refractivity contribution in [3.8, 4) is 11.6 Å². The lowest BCUT2D eigenvalue weighted by Gasteiger charge is -2.09. The first kappa shape index (κ1) is 26.9. The highest BCUT2D eigenvalue weighted by molar-refractivity contribution is 7.92. The fourth-order valence-corrected chi connectivity index (χ4v) is 4.56. The number of nitrogens with zero attached hydrogens (tertiary/aromatic N) is 3. The molecule has 0 bridgehead atoms. The number of hydrogen-bond donors (Lipinski definition) is 2. The van der Waals surface area contributed by atoms with Crippen molar-refractivity contribution < 1.29 is 31.5 Å². The summed E-state index contributed by atoms with van der Waals surface area (Å²) in [4.78, 5) is 28.7. The van der Waals surface area contributed by atoms with Crippen LogP contribution in [0.5, 0.6) is 5.88 Å². The van der Waals surface area contributed by atoms with Gasteiger partial charge in [0.1, 0.15) is 5.82 Å². The number of hydrogen-bond acceptors (Lipinski definition) is 6. The van der Waals surface area contributed by atoms with Gasteiger partial charge in [-0.1, -0.05) is 17.7 Å². The number of imidazole rings is 1. The summed E-state index contributed by atoms with van der Waals surface area (Å²) in [5.41, 5.74) is -5.26. The van der Waals surface area contributed by atoms with Gasteiger partial charge in [0, 0.05) is 16.8 Å². The summed E-state index contributed by atoms with van der Waals surface area (Å²) in [5, 5.41) is 13.6. The van der Waals surface area contributed by atoms with E-state index >= 15 is 0 Å². The number of benzene rings is 2. The molecule has 0 spiro atoms. The molecule has 0 aliphatic carbocycles. The molecule has 0 aliphatic heterocycles. The zero-order valence-corrected chi connectivity index (χ0v) is 21.0. The number of aromatic hydroxyl groups is 1. The van der Waals surface area contributed by atoms with Crippen molar-refractivity contribution >= 4 is 33.2 Å². The summed E-state index contributed by atoms with van der Waals surface area (Å²) in [6.07, 6.45) is 1.42. The fourth-order valence-electron chi connectivity index (χ4n) is 3.61. The molecule has 198 valence electrons. The lowest BCUT2D eigenvalue weighted by Crippen LogP contribution is -2.25. The molecular formula is C24H18ClF3N4O5S. The summed E-state index contributed by atoms with van der Waals surface area (Å²) in [5.74, 6) is -0.737. The standard InChI is InChI=1S/C24H18ClF3N4O5S/c1-14-22(34)32(18-5-7-19(8-6-18)38(36,37)24(26,27)28)23(35)31(14)13-15-9-10-29-20(11-15)30-21(33)16-3-2-4-17(25)12-16/h2-12,34H,13H2,1H3,(H,29,30,33). The van der Waals surface area contributed by atoms with Crippen molar-refractivity contribution in [2.24, 2.45) is 0 Å². The zero-order valence-electron chi connectivity index (χ0n) is 19.4. The molecule has 0 radical (unpaired) electrons. The van der Waals surface area contributed by atoms with Crippen molar-refractivity contribution in [2.75, 3.05) is 5.32 Å². The normalized spacial score (nSPS) is 11.9. The van der Waals surface area contributed by atoms with Crippen LogP contribution in [-0.4, -0.2) is 39.1 Å². The highest BCUT2D eigenvalue weighted by Gasteiger charge is 2.46. The molecule has 0 saturated carbocycles. The second kappa shape index (κ2) is 9.99. The molecule has 0 atom stereocenters. The van der Waals surface area contributed by atoms with E-state index in [0.29, 0.717) is 28.3 Å². The maximum atomic E-state index is 13.1. The van der Waals surface area contributed by atoms with Crippen molar-refractivity contribution in [1.29, 1.82) is 0 Å². The van der Waals surface area contributed by atoms with E-state index in [4.69, 9.17) is 11.6 Å². The molecule has 2 aromatic heterocycles. The van der Waals surface area contributed by atoms with Crippen LogP contribution in [0.4, 0.5) is 19.0 Å². The van der Waals surface area contributed by atoms with Gasteiger partial charge in [0.05, 0.1) is 22.8 Å². The number of carbonyl (C=O) groups excluding carboxylic acids is 1. The lowest BCUT2D eigenvalue weighted by atomic mass is 10.2. The molecule has 0 unspecified atom stereocenters. The van der Waals surface area contributed by atoms with Crippen LogP contribution in [0.2, 0.25) is 5.02 Å². The van der Waals surface area contributed by atoms with Gasteiger partial charge < -0.3 is 10.4 Å². The van der Waals surface area contributed by atoms with Gasteiger partial charge in [-0.25, -0.2) is 22.8 Å². The number of anilines is 1. The number of halogens is 4. The predicted octanol–water partition coefficient (Wildman–Crippen LogP) is 4.30. The largest absolute Gasteiger partial charge is 0.501 e. The van der Waals surface area contributed by atoms with Crippen molar-refractivity contribution in [1.82, 2.24) is 14.1 Å². The van der Waals surface area contributed by atoms with E-state index in [1.54, 1.807) is 24.3 Å². The second-order valence-corrected chi connectivity index (χ2v) is 10.4. The molecule has 0 fully saturated rings. The molecule has 14 heteroatoms. The van der Waals surface area contributed by atoms with Crippen molar-refractivity contribution in [3.05, 3.63) is 99.2 Å². The van der Waals surface area contributed by atoms with E-state index in [1.807, 2.05) is 0 Å². The minimum atomic E-state index is -5.57. The summed E-state index contributed by atoms with van der Waals surface area (Å²) in [6.45, 7) is 1.41. The minimum absolute atomic E-state index is 0.0420. The molecule has 9 nitrogen and oxygen atoms in total. The van der Waals surface area contributed by atoms with E-state index in [-0.39, 0.29) is 23.7 Å². The van der Waals surface area contributed by atoms with E-state index in [2.05, 4.69) is 10.3 Å². The number of amides is 1. The van der Waals surface area contributed by atoms with E-state index in [9.17, 15) is 36.3 Å². The number of pyridine rings is 1. The minimum Gasteiger partial charge on any atom is -0.493 e. The Morgan fingerprint density at radius 2 is 1.79 bits per heavy atom. The number of nitrogens with one attached hydrogen (secondary N) is 1. The molecule has 0 saturated heterocycles. The first-order valence-corrected chi connectivity index (χ1v) is 12.6. The van der Waals surface area contributed by atoms with Gasteiger partial charge in [-0.05, 0) is 67.1 Å². The van der Waals surface area contributed by atoms with Gasteiger partial charge in [-0.3, -0.25) is 9.36 Å². The third kappa shape index (κ3) is 5.15. The van der Waals surface area contributed by atoms with Crippen molar-refractivity contribution in [3.63, 3.8) is 0 Å². The molecule has 38 heavy (non-hydrogen) atoms. The summed E-state index contributed by atoms with van der Waals surface area (Å²) in [7, 11) is -5.57. The molecule has 0 aliphatic rings. The van der Waals surface area contributed by atoms with Gasteiger partial charge >= 0.3 is 11.2 Å². The average Bonchev–Trinajstić information content (AvgIpc) is 3.06. The molecule has 2 aromatic carbocycles. The summed E-state index contributed by atoms with van der Waals surface area (Å²) >= 11 is 5.92. The summed E-state index contributed by atoms with van der Waals surface area (Å²) in [6, 6.07) is 12.8. The van der Waals surface area contributed by atoms with Crippen molar-refractivity contribution in [2.45, 2.75) is 23.9 Å². The van der Waals surface area contributed by atoms with E-state index < -0.39 is 37.7 Å². The molecule has 1 amide bonds. The molecular weight excluding hydrogens is 549 g/mol. The van der Waals surface area contributed by atoms with Crippen LogP contribution >= 0.6 is 11.6 Å². The Hall–Kier alpha value is -4.10. The highest BCUT2D eigenvalue weighted by Crippen LogP contribution is 2.31. The number of aromatic nitrogens is 3. The molecule has 2 heterocycles. The Labute approximate surface area is 218 Å². The van der Waals surface area contributed by atoms with Gasteiger partial charge in [0.2, 0.25) is 5.88 Å². The fraction of sp³-hybridized carbons (Fsp3) is 0.125. The maximum absolute atomic E-state index is 13.1. The smallest absolute Gasteiger partial charge is 0.493 e. The molecule has 2 N–H and O–H groups in total. The first-order chi connectivity index (χ1) is 17.8. The Balaban J connectivity index is 1.61. The van der Waals surface area contributed by atoms with Crippen LogP contribution in [0, 0.1) is 6.92 Å². The van der Waals surface area contributed by atoms with Crippen LogP contribution in [0.1, 0.15) is 21.6 Å². The Kier molecular flexibility index (Phi) is 7.08. The number of rotatable bonds is 6. The monoisotopic (exact) mass is 566 g/mol. The zero-order chi connectivity index (χ0) is 27.8. The second-order valence-electron chi connectivity index (χ2n) is 8.07. The van der Waals surface area contributed by atoms with Crippen LogP contribution in [0.15, 0.2) is 76.6 Å². The molecule has 4 rings (SSSR count). The Morgan fingerprint density at radius 3 is 2.42 bits per heavy atom. The predicted molar refractivity (Wildman–Crippen MR) is 132 cm³/mol. The van der Waals surface area contributed by atoms with E-state index in [1.165, 1.54) is 29.8 Å². The topological polar surface area (TPSA) is 123 Å². The summed E-state index contributed by atoms with van der Waals surface area (Å²) < 4.78 is 63.7. The third-order valence-electron chi connectivity index (χ3n) is 5.57. The van der Waals surface area contributed by atoms with Crippen LogP contribution < -0.4 is 11.0 Å². The van der Waals surface area contributed by atoms with Crippen LogP contribution in [0.3, 0.4) is 0 Å². The Morgan fingerprint density at radius 1 is 1.11 bits per heavy atom. The quantitative estimate of drug-likeness (QED) is 0.359. The first-order valence-electron chi connectivity index (χ1n) is 10.7. The lowest BCUT2D eigenvalue weighted by molar-refractivity contribution is -0.0436. The van der Waals surface area contributed by atoms with Crippen LogP contribution in [0.25, 0.3) is 5.69 Å². The van der Waals surface area contributed by atoms with Gasteiger partial charge in [0.25, 0.3) is 15.7 Å². The molecule has 4 aromatic rings. The number of alkyl halides is 3. The maximum Gasteiger partial charge on any atom is 0.501 e. The Bertz CT molecular complexity index is 1700. The van der Waals surface area contributed by atoms with Crippen LogP contribution in [-0.2, 0) is 16.4 Å². The number of sulfone groups is 1. The highest BCUT2D eigenvalue weighted by atomic mass is 35.5. The van der Waals surface area contributed by atoms with Gasteiger partial charge in [-0.15, -0.1) is 0 Å². The third-order valence-corrected chi connectivity index (χ3v) is 7.30. The SMILES string of the molecule is Cc1c(O)n(-c2ccc(S(=O)(=O)C(F)(F)F)cc2)c(=O)n1Cc1ccnc(NC(=O)c2cccc(Cl)c2)c1.